The first kappa shape index (κ1) is 13.3. The number of rotatable bonds is 4. The Kier molecular flexibility index (Phi) is 3.52. The van der Waals surface area contributed by atoms with Crippen molar-refractivity contribution in [2.45, 2.75) is 0 Å². The number of primary amides is 1. The monoisotopic (exact) mass is 273 g/mol. The highest BCUT2D eigenvalue weighted by atomic mass is 16.5. The fourth-order valence-electron chi connectivity index (χ4n) is 1.50. The maximum absolute atomic E-state index is 11.1. The molecule has 0 aliphatic carbocycles. The lowest BCUT2D eigenvalue weighted by Crippen LogP contribution is -2.10. The Morgan fingerprint density at radius 1 is 1.20 bits per heavy atom. The van der Waals surface area contributed by atoms with Gasteiger partial charge in [-0.15, -0.1) is 0 Å². The fourth-order valence-corrected chi connectivity index (χ4v) is 1.50. The van der Waals surface area contributed by atoms with Crippen LogP contribution < -0.4 is 16.2 Å². The van der Waals surface area contributed by atoms with Crippen LogP contribution in [0.3, 0.4) is 0 Å². The molecular formula is C13H11N3O4. The molecule has 0 atom stereocenters. The number of carbonyl (C=O) groups excluding carboxylic acids is 1. The highest BCUT2D eigenvalue weighted by Crippen LogP contribution is 2.26. The molecule has 0 bridgehead atoms. The molecule has 2 aromatic rings. The van der Waals surface area contributed by atoms with E-state index in [1.807, 2.05) is 0 Å². The van der Waals surface area contributed by atoms with Crippen LogP contribution in [-0.2, 0) is 0 Å². The molecule has 0 spiro atoms. The van der Waals surface area contributed by atoms with Gasteiger partial charge in [-0.05, 0) is 24.3 Å². The number of carboxylic acids is 1. The third kappa shape index (κ3) is 2.83. The van der Waals surface area contributed by atoms with Gasteiger partial charge in [0, 0.05) is 11.8 Å². The standard InChI is InChI=1S/C13H11N3O4/c14-10-5-8(13(18)19)6-16-12(10)20-9-3-1-2-7(4-9)11(15)17/h1-6H,14H2,(H2,15,17)(H,18,19). The van der Waals surface area contributed by atoms with Gasteiger partial charge in [-0.3, -0.25) is 4.79 Å². The zero-order valence-electron chi connectivity index (χ0n) is 10.2. The first-order valence-corrected chi connectivity index (χ1v) is 5.54. The minimum atomic E-state index is -1.13. The molecule has 0 radical (unpaired) electrons. The molecule has 7 heteroatoms. The number of hydrogen-bond donors (Lipinski definition) is 3. The van der Waals surface area contributed by atoms with Gasteiger partial charge < -0.3 is 21.3 Å². The summed E-state index contributed by atoms with van der Waals surface area (Å²) in [6.45, 7) is 0. The zero-order valence-corrected chi connectivity index (χ0v) is 10.2. The Morgan fingerprint density at radius 3 is 2.55 bits per heavy atom. The van der Waals surface area contributed by atoms with Crippen LogP contribution >= 0.6 is 0 Å². The SMILES string of the molecule is NC(=O)c1cccc(Oc2ncc(C(=O)O)cc2N)c1. The second-order valence-corrected chi connectivity index (χ2v) is 3.92. The van der Waals surface area contributed by atoms with Crippen LogP contribution in [0.25, 0.3) is 0 Å². The van der Waals surface area contributed by atoms with E-state index in [1.54, 1.807) is 18.2 Å². The largest absolute Gasteiger partial charge is 0.478 e. The number of nitrogen functional groups attached to an aromatic ring is 1. The smallest absolute Gasteiger partial charge is 0.337 e. The van der Waals surface area contributed by atoms with Crippen LogP contribution in [0.2, 0.25) is 0 Å². The van der Waals surface area contributed by atoms with Crippen molar-refractivity contribution in [2.75, 3.05) is 5.73 Å². The van der Waals surface area contributed by atoms with Crippen molar-refractivity contribution in [1.29, 1.82) is 0 Å². The number of pyridine rings is 1. The van der Waals surface area contributed by atoms with Gasteiger partial charge in [0.25, 0.3) is 0 Å². The van der Waals surface area contributed by atoms with E-state index in [4.69, 9.17) is 21.3 Å². The Bertz CT molecular complexity index is 685. The molecule has 0 aliphatic rings. The lowest BCUT2D eigenvalue weighted by molar-refractivity contribution is 0.0696. The van der Waals surface area contributed by atoms with E-state index in [0.717, 1.165) is 6.20 Å². The second-order valence-electron chi connectivity index (χ2n) is 3.92. The van der Waals surface area contributed by atoms with Gasteiger partial charge >= 0.3 is 5.97 Å². The van der Waals surface area contributed by atoms with Crippen molar-refractivity contribution < 1.29 is 19.4 Å². The van der Waals surface area contributed by atoms with Crippen LogP contribution in [0.1, 0.15) is 20.7 Å². The summed E-state index contributed by atoms with van der Waals surface area (Å²) < 4.78 is 5.40. The van der Waals surface area contributed by atoms with Gasteiger partial charge in [0.05, 0.1) is 11.3 Å². The lowest BCUT2D eigenvalue weighted by Gasteiger charge is -2.08. The zero-order chi connectivity index (χ0) is 14.7. The summed E-state index contributed by atoms with van der Waals surface area (Å²) in [5.41, 5.74) is 11.1. The van der Waals surface area contributed by atoms with Crippen molar-refractivity contribution in [3.8, 4) is 11.6 Å². The van der Waals surface area contributed by atoms with Gasteiger partial charge in [-0.1, -0.05) is 6.07 Å². The van der Waals surface area contributed by atoms with Gasteiger partial charge in [0.15, 0.2) is 0 Å². The Labute approximate surface area is 113 Å². The number of nitrogens with zero attached hydrogens (tertiary/aromatic N) is 1. The fraction of sp³-hybridized carbons (Fsp3) is 0. The summed E-state index contributed by atoms with van der Waals surface area (Å²) in [6, 6.07) is 7.41. The molecular weight excluding hydrogens is 262 g/mol. The molecule has 0 saturated carbocycles. The molecule has 5 N–H and O–H groups in total. The number of aromatic carboxylic acids is 1. The lowest BCUT2D eigenvalue weighted by atomic mass is 10.2. The van der Waals surface area contributed by atoms with Crippen molar-refractivity contribution in [3.05, 3.63) is 47.7 Å². The summed E-state index contributed by atoms with van der Waals surface area (Å²) >= 11 is 0. The van der Waals surface area contributed by atoms with E-state index in [1.165, 1.54) is 12.1 Å². The number of ether oxygens (including phenoxy) is 1. The van der Waals surface area contributed by atoms with Crippen molar-refractivity contribution in [3.63, 3.8) is 0 Å². The third-order valence-corrected chi connectivity index (χ3v) is 2.46. The van der Waals surface area contributed by atoms with Gasteiger partial charge in [0.2, 0.25) is 11.8 Å². The van der Waals surface area contributed by atoms with E-state index >= 15 is 0 Å². The maximum Gasteiger partial charge on any atom is 0.337 e. The number of hydrogen-bond acceptors (Lipinski definition) is 5. The maximum atomic E-state index is 11.1. The van der Waals surface area contributed by atoms with Crippen LogP contribution in [0, 0.1) is 0 Å². The van der Waals surface area contributed by atoms with E-state index in [-0.39, 0.29) is 22.7 Å². The predicted molar refractivity (Wildman–Crippen MR) is 70.6 cm³/mol. The summed E-state index contributed by atoms with van der Waals surface area (Å²) in [5.74, 6) is -1.34. The van der Waals surface area contributed by atoms with Crippen molar-refractivity contribution >= 4 is 17.6 Å². The topological polar surface area (TPSA) is 129 Å². The predicted octanol–water partition coefficient (Wildman–Crippen LogP) is 1.25. The Morgan fingerprint density at radius 2 is 1.95 bits per heavy atom. The molecule has 1 aromatic heterocycles. The molecule has 2 rings (SSSR count). The third-order valence-electron chi connectivity index (χ3n) is 2.46. The number of carbonyl (C=O) groups is 2. The van der Waals surface area contributed by atoms with E-state index < -0.39 is 11.9 Å². The van der Waals surface area contributed by atoms with E-state index in [2.05, 4.69) is 4.98 Å². The molecule has 102 valence electrons. The normalized spacial score (nSPS) is 10.0. The summed E-state index contributed by atoms with van der Waals surface area (Å²) in [6.07, 6.45) is 1.13. The highest BCUT2D eigenvalue weighted by molar-refractivity contribution is 5.93. The summed E-state index contributed by atoms with van der Waals surface area (Å²) in [5, 5.41) is 8.80. The molecule has 1 aromatic carbocycles. The molecule has 1 heterocycles. The second kappa shape index (κ2) is 5.27. The van der Waals surface area contributed by atoms with Gasteiger partial charge in [-0.25, -0.2) is 9.78 Å². The number of benzene rings is 1. The van der Waals surface area contributed by atoms with Crippen molar-refractivity contribution in [2.24, 2.45) is 5.73 Å². The molecule has 0 fully saturated rings. The van der Waals surface area contributed by atoms with Crippen molar-refractivity contribution in [1.82, 2.24) is 4.98 Å². The van der Waals surface area contributed by atoms with E-state index in [0.29, 0.717) is 5.75 Å². The van der Waals surface area contributed by atoms with Crippen LogP contribution in [0.5, 0.6) is 11.6 Å². The Balaban J connectivity index is 2.28. The number of nitrogens with two attached hydrogens (primary N) is 2. The first-order chi connectivity index (χ1) is 9.47. The van der Waals surface area contributed by atoms with Crippen LogP contribution in [0.15, 0.2) is 36.5 Å². The van der Waals surface area contributed by atoms with Crippen LogP contribution in [0.4, 0.5) is 5.69 Å². The number of carboxylic acid groups (broad SMARTS) is 1. The van der Waals surface area contributed by atoms with E-state index in [9.17, 15) is 9.59 Å². The number of anilines is 1. The molecule has 0 unspecified atom stereocenters. The average Bonchev–Trinajstić information content (AvgIpc) is 2.41. The number of amides is 1. The highest BCUT2D eigenvalue weighted by Gasteiger charge is 2.10. The molecule has 20 heavy (non-hydrogen) atoms. The first-order valence-electron chi connectivity index (χ1n) is 5.54. The van der Waals surface area contributed by atoms with Gasteiger partial charge in [0.1, 0.15) is 5.75 Å². The number of aromatic nitrogens is 1. The molecule has 1 amide bonds. The quantitative estimate of drug-likeness (QED) is 0.768. The summed E-state index contributed by atoms with van der Waals surface area (Å²) in [7, 11) is 0. The molecule has 0 aliphatic heterocycles. The average molecular weight is 273 g/mol. The summed E-state index contributed by atoms with van der Waals surface area (Å²) in [4.78, 5) is 25.6. The minimum Gasteiger partial charge on any atom is -0.478 e. The van der Waals surface area contributed by atoms with Crippen LogP contribution in [-0.4, -0.2) is 22.0 Å². The molecule has 7 nitrogen and oxygen atoms in total. The molecule has 0 saturated heterocycles. The Hall–Kier alpha value is -3.09. The minimum absolute atomic E-state index is 0.0410. The van der Waals surface area contributed by atoms with Gasteiger partial charge in [-0.2, -0.15) is 0 Å².